The van der Waals surface area contributed by atoms with Crippen LogP contribution in [0, 0.1) is 0 Å². The van der Waals surface area contributed by atoms with Crippen LogP contribution in [0.4, 0.5) is 0 Å². The predicted octanol–water partition coefficient (Wildman–Crippen LogP) is 11.1. The predicted molar refractivity (Wildman–Crippen MR) is 231 cm³/mol. The zero-order chi connectivity index (χ0) is 39.2. The van der Waals surface area contributed by atoms with Crippen LogP contribution in [0.15, 0.2) is 217 Å². The van der Waals surface area contributed by atoms with Gasteiger partial charge < -0.3 is 13.8 Å². The summed E-state index contributed by atoms with van der Waals surface area (Å²) in [6.07, 6.45) is 4.67. The number of imidazole rings is 1. The molecule has 7 aromatic carbocycles. The van der Waals surface area contributed by atoms with E-state index in [4.69, 9.17) is 25.8 Å². The Morgan fingerprint density at radius 3 is 1.50 bits per heavy atom. The van der Waals surface area contributed by atoms with Gasteiger partial charge in [-0.2, -0.15) is 0 Å². The summed E-state index contributed by atoms with van der Waals surface area (Å²) in [5.41, 5.74) is 6.70. The minimum absolute atomic E-state index is 0.246. The molecule has 0 saturated heterocycles. The van der Waals surface area contributed by atoms with Crippen LogP contribution in [0.25, 0.3) is 11.0 Å². The molecule has 9 rings (SSSR count). The van der Waals surface area contributed by atoms with Crippen molar-refractivity contribution >= 4 is 22.6 Å². The first-order valence-electron chi connectivity index (χ1n) is 19.5. The molecule has 7 heteroatoms. The monoisotopic (exact) mass is 776 g/mol. The van der Waals surface area contributed by atoms with Crippen LogP contribution in [-0.4, -0.2) is 27.4 Å². The van der Waals surface area contributed by atoms with E-state index in [9.17, 15) is 0 Å². The zero-order valence-electron chi connectivity index (χ0n) is 31.7. The van der Waals surface area contributed by atoms with Gasteiger partial charge in [-0.1, -0.05) is 194 Å². The van der Waals surface area contributed by atoms with Crippen molar-refractivity contribution in [2.24, 2.45) is 0 Å². The molecule has 0 aliphatic carbocycles. The minimum atomic E-state index is -0.766. The van der Waals surface area contributed by atoms with Gasteiger partial charge in [0.2, 0.25) is 0 Å². The summed E-state index contributed by atoms with van der Waals surface area (Å²) in [5, 5.41) is 9.79. The second-order valence-corrected chi connectivity index (χ2v) is 14.8. The average molecular weight is 777 g/mol. The Balaban J connectivity index is 1.18. The third kappa shape index (κ3) is 6.98. The van der Waals surface area contributed by atoms with Gasteiger partial charge in [0.05, 0.1) is 22.9 Å². The van der Waals surface area contributed by atoms with Gasteiger partial charge in [-0.05, 0) is 56.7 Å². The summed E-state index contributed by atoms with van der Waals surface area (Å²) in [4.78, 5) is 5.17. The van der Waals surface area contributed by atoms with Crippen molar-refractivity contribution < 1.29 is 9.26 Å². The third-order valence-electron chi connectivity index (χ3n) is 10.9. The lowest BCUT2D eigenvalue weighted by molar-refractivity contribution is 0.224. The molecule has 2 heterocycles. The molecule has 0 spiro atoms. The molecule has 9 aromatic rings. The molecule has 2 aromatic heterocycles. The summed E-state index contributed by atoms with van der Waals surface area (Å²) >= 11 is 6.43. The fourth-order valence-corrected chi connectivity index (χ4v) is 8.51. The maximum atomic E-state index is 6.62. The van der Waals surface area contributed by atoms with E-state index < -0.39 is 11.1 Å². The zero-order valence-corrected chi connectivity index (χ0v) is 32.5. The number of benzene rings is 7. The summed E-state index contributed by atoms with van der Waals surface area (Å²) in [6, 6.07) is 68.8. The highest BCUT2D eigenvalue weighted by Crippen LogP contribution is 2.42. The van der Waals surface area contributed by atoms with Crippen LogP contribution in [0.1, 0.15) is 39.1 Å². The van der Waals surface area contributed by atoms with E-state index in [0.717, 1.165) is 39.1 Å². The van der Waals surface area contributed by atoms with Gasteiger partial charge in [-0.25, -0.2) is 4.98 Å². The molecule has 0 saturated carbocycles. The quantitative estimate of drug-likeness (QED) is 0.111. The Kier molecular flexibility index (Phi) is 10.4. The van der Waals surface area contributed by atoms with Gasteiger partial charge in [0.15, 0.2) is 5.58 Å². The van der Waals surface area contributed by atoms with Crippen LogP contribution in [0.2, 0.25) is 5.02 Å². The maximum Gasteiger partial charge on any atom is 0.262 e. The summed E-state index contributed by atoms with van der Waals surface area (Å²) in [6.45, 7) is 0.246. The van der Waals surface area contributed by atoms with Gasteiger partial charge in [0, 0.05) is 23.7 Å². The topological polar surface area (TPSA) is 65.1 Å². The molecule has 6 nitrogen and oxygen atoms in total. The van der Waals surface area contributed by atoms with Gasteiger partial charge >= 0.3 is 0 Å². The molecule has 0 radical (unpaired) electrons. The van der Waals surface area contributed by atoms with Crippen LogP contribution in [0.5, 0.6) is 5.88 Å². The van der Waals surface area contributed by atoms with Crippen molar-refractivity contribution in [1.82, 2.24) is 20.0 Å². The fraction of sp³-hybridized carbons (Fsp3) is 0.0980. The Morgan fingerprint density at radius 1 is 0.586 bits per heavy atom. The van der Waals surface area contributed by atoms with Gasteiger partial charge in [0.25, 0.3) is 5.88 Å². The number of hydrogen-bond donors (Lipinski definition) is 1. The number of halogens is 1. The van der Waals surface area contributed by atoms with E-state index in [1.54, 1.807) is 6.07 Å². The Labute approximate surface area is 343 Å². The van der Waals surface area contributed by atoms with Crippen molar-refractivity contribution in [2.75, 3.05) is 6.61 Å². The molecular formula is C51H41ClN4O2. The van der Waals surface area contributed by atoms with Crippen molar-refractivity contribution in [1.29, 1.82) is 0 Å². The molecule has 0 aliphatic heterocycles. The summed E-state index contributed by atoms with van der Waals surface area (Å²) in [7, 11) is 0. The number of aromatic nitrogens is 3. The van der Waals surface area contributed by atoms with Gasteiger partial charge in [0.1, 0.15) is 12.1 Å². The summed E-state index contributed by atoms with van der Waals surface area (Å²) in [5.74, 6) is 0.385. The molecule has 0 aliphatic rings. The third-order valence-corrected chi connectivity index (χ3v) is 11.1. The van der Waals surface area contributed by atoms with Crippen molar-refractivity contribution in [3.63, 3.8) is 0 Å². The molecule has 284 valence electrons. The Hall–Kier alpha value is -6.73. The van der Waals surface area contributed by atoms with Crippen molar-refractivity contribution in [3.8, 4) is 5.88 Å². The van der Waals surface area contributed by atoms with E-state index >= 15 is 0 Å². The molecule has 0 fully saturated rings. The molecule has 1 unspecified atom stereocenters. The first-order chi connectivity index (χ1) is 28.6. The molecular weight excluding hydrogens is 736 g/mol. The van der Waals surface area contributed by atoms with E-state index in [1.807, 2.05) is 18.5 Å². The number of nitrogens with one attached hydrogen (secondary N) is 1. The number of rotatable bonds is 14. The standard InChI is InChI=1S/C51H41ClN4O2/c52-44-31-32-48-47(33-44)49(55-58-48)57-36-46(54-50(38-19-7-1-8-20-38,39-21-9-2-10-22-39)40-23-11-3-12-24-40)34-45-35-56(37-53-45)51(41-25-13-4-14-26-41,42-27-15-5-16-28-42)43-29-17-6-18-30-43/h1-33,35,37,46,54H,34,36H2. The average Bonchev–Trinajstić information content (AvgIpc) is 3.93. The Bertz CT molecular complexity index is 2490. The van der Waals surface area contributed by atoms with Crippen LogP contribution >= 0.6 is 11.6 Å². The highest BCUT2D eigenvalue weighted by Gasteiger charge is 2.40. The molecule has 0 bridgehead atoms. The minimum Gasteiger partial charge on any atom is -0.473 e. The molecule has 1 N–H and O–H groups in total. The van der Waals surface area contributed by atoms with E-state index in [0.29, 0.717) is 28.3 Å². The summed E-state index contributed by atoms with van der Waals surface area (Å²) < 4.78 is 14.5. The second kappa shape index (κ2) is 16.4. The highest BCUT2D eigenvalue weighted by molar-refractivity contribution is 6.31. The van der Waals surface area contributed by atoms with Gasteiger partial charge in [-0.3, -0.25) is 5.32 Å². The molecule has 1 atom stereocenters. The lowest BCUT2D eigenvalue weighted by atomic mass is 9.76. The first kappa shape index (κ1) is 36.9. The number of hydrogen-bond acceptors (Lipinski definition) is 5. The lowest BCUT2D eigenvalue weighted by Gasteiger charge is -2.40. The van der Waals surface area contributed by atoms with Crippen LogP contribution in [-0.2, 0) is 17.5 Å². The number of fused-ring (bicyclic) bond motifs is 1. The Morgan fingerprint density at radius 2 is 1.03 bits per heavy atom. The molecule has 0 amide bonds. The largest absolute Gasteiger partial charge is 0.473 e. The number of ether oxygens (including phenoxy) is 1. The normalized spacial score (nSPS) is 12.4. The SMILES string of the molecule is Clc1ccc2onc(OCC(Cc3cn(C(c4ccccc4)(c4ccccc4)c4ccccc4)cn3)NC(c3ccccc3)(c3ccccc3)c3ccccc3)c2c1. The van der Waals surface area contributed by atoms with Gasteiger partial charge in [-0.15, -0.1) is 0 Å². The maximum absolute atomic E-state index is 6.62. The van der Waals surface area contributed by atoms with Crippen LogP contribution < -0.4 is 10.1 Å². The second-order valence-electron chi connectivity index (χ2n) is 14.4. The van der Waals surface area contributed by atoms with Crippen LogP contribution in [0.3, 0.4) is 0 Å². The number of nitrogens with zero attached hydrogens (tertiary/aromatic N) is 3. The first-order valence-corrected chi connectivity index (χ1v) is 19.8. The highest BCUT2D eigenvalue weighted by atomic mass is 35.5. The van der Waals surface area contributed by atoms with E-state index in [2.05, 4.69) is 203 Å². The van der Waals surface area contributed by atoms with E-state index in [-0.39, 0.29) is 12.6 Å². The molecule has 58 heavy (non-hydrogen) atoms. The van der Waals surface area contributed by atoms with Crippen molar-refractivity contribution in [2.45, 2.75) is 23.5 Å². The fourth-order valence-electron chi connectivity index (χ4n) is 8.33. The van der Waals surface area contributed by atoms with E-state index in [1.165, 1.54) is 0 Å². The lowest BCUT2D eigenvalue weighted by Crippen LogP contribution is -2.52. The van der Waals surface area contributed by atoms with Crippen molar-refractivity contribution in [3.05, 3.63) is 257 Å². The smallest absolute Gasteiger partial charge is 0.262 e.